The van der Waals surface area contributed by atoms with E-state index in [4.69, 9.17) is 14.5 Å². The third-order valence-electron chi connectivity index (χ3n) is 9.46. The molecule has 5 heterocycles. The Labute approximate surface area is 271 Å². The Morgan fingerprint density at radius 1 is 1.07 bits per heavy atom. The van der Waals surface area contributed by atoms with Gasteiger partial charge in [0.05, 0.1) is 11.8 Å². The molecule has 1 atom stereocenters. The van der Waals surface area contributed by atoms with Gasteiger partial charge in [0.1, 0.15) is 29.7 Å². The number of hydrogen-bond donors (Lipinski definition) is 0. The van der Waals surface area contributed by atoms with Gasteiger partial charge < -0.3 is 24.2 Å². The molecular formula is C35H46FN7O3. The molecule has 2 fully saturated rings. The van der Waals surface area contributed by atoms with E-state index in [0.717, 1.165) is 69.3 Å². The van der Waals surface area contributed by atoms with Gasteiger partial charge in [-0.3, -0.25) is 14.7 Å². The van der Waals surface area contributed by atoms with Crippen molar-refractivity contribution in [2.24, 2.45) is 5.92 Å². The number of benzene rings is 1. The number of rotatable bonds is 10. The number of hydrogen-bond acceptors (Lipinski definition) is 9. The van der Waals surface area contributed by atoms with Crippen LogP contribution in [-0.2, 0) is 13.0 Å². The largest absolute Gasteiger partial charge is 0.490 e. The summed E-state index contributed by atoms with van der Waals surface area (Å²) in [6.45, 7) is 13.2. The second kappa shape index (κ2) is 14.3. The molecule has 1 aromatic carbocycles. The van der Waals surface area contributed by atoms with E-state index in [2.05, 4.69) is 31.7 Å². The number of nitrogens with zero attached hydrogens (tertiary/aromatic N) is 7. The van der Waals surface area contributed by atoms with Crippen molar-refractivity contribution in [2.45, 2.75) is 65.1 Å². The number of likely N-dealkylation sites (tertiary alicyclic amines) is 1. The number of carbonyl (C=O) groups excluding carboxylic acids is 1. The summed E-state index contributed by atoms with van der Waals surface area (Å²) >= 11 is 0. The Morgan fingerprint density at radius 3 is 2.63 bits per heavy atom. The number of ether oxygens (including phenoxy) is 2. The lowest BCUT2D eigenvalue weighted by Crippen LogP contribution is -2.39. The van der Waals surface area contributed by atoms with Gasteiger partial charge in [0, 0.05) is 88.6 Å². The quantitative estimate of drug-likeness (QED) is 0.306. The summed E-state index contributed by atoms with van der Waals surface area (Å²) in [7, 11) is 2.21. The molecule has 1 amide bonds. The molecule has 0 bridgehead atoms. The van der Waals surface area contributed by atoms with Crippen molar-refractivity contribution < 1.29 is 18.7 Å². The summed E-state index contributed by atoms with van der Waals surface area (Å²) in [5, 5.41) is 0. The normalized spacial score (nSPS) is 19.3. The number of fused-ring (bicyclic) bond motifs is 1. The van der Waals surface area contributed by atoms with Crippen LogP contribution in [0.5, 0.6) is 17.2 Å². The lowest BCUT2D eigenvalue weighted by molar-refractivity contribution is 0.0713. The van der Waals surface area contributed by atoms with Gasteiger partial charge in [-0.05, 0) is 71.0 Å². The number of piperidine rings is 1. The summed E-state index contributed by atoms with van der Waals surface area (Å²) < 4.78 is 27.2. The second-order valence-electron chi connectivity index (χ2n) is 13.1. The number of amides is 1. The van der Waals surface area contributed by atoms with Crippen LogP contribution >= 0.6 is 0 Å². The zero-order valence-electron chi connectivity index (χ0n) is 27.5. The van der Waals surface area contributed by atoms with Crippen LogP contribution in [0.25, 0.3) is 0 Å². The fourth-order valence-electron chi connectivity index (χ4n) is 7.03. The number of halogens is 1. The summed E-state index contributed by atoms with van der Waals surface area (Å²) in [4.78, 5) is 35.7. The maximum Gasteiger partial charge on any atom is 0.257 e. The van der Waals surface area contributed by atoms with Crippen LogP contribution in [0.4, 0.5) is 10.2 Å². The van der Waals surface area contributed by atoms with Gasteiger partial charge in [-0.2, -0.15) is 0 Å². The zero-order valence-corrected chi connectivity index (χ0v) is 27.5. The molecule has 3 aromatic rings. The molecule has 0 spiro atoms. The van der Waals surface area contributed by atoms with E-state index in [-0.39, 0.29) is 29.4 Å². The number of pyridine rings is 1. The van der Waals surface area contributed by atoms with Crippen molar-refractivity contribution >= 4 is 11.7 Å². The Kier molecular flexibility index (Phi) is 9.98. The highest BCUT2D eigenvalue weighted by Gasteiger charge is 2.29. The van der Waals surface area contributed by atoms with E-state index >= 15 is 0 Å². The maximum atomic E-state index is 14.3. The lowest BCUT2D eigenvalue weighted by atomic mass is 10.0. The lowest BCUT2D eigenvalue weighted by Gasteiger charge is -2.35. The molecule has 246 valence electrons. The summed E-state index contributed by atoms with van der Waals surface area (Å²) in [5.74, 6) is 2.25. The predicted octanol–water partition coefficient (Wildman–Crippen LogP) is 5.03. The Hall–Kier alpha value is -3.83. The van der Waals surface area contributed by atoms with E-state index in [1.807, 2.05) is 33.0 Å². The molecule has 0 N–H and O–H groups in total. The van der Waals surface area contributed by atoms with Crippen molar-refractivity contribution in [3.05, 3.63) is 65.6 Å². The molecule has 0 unspecified atom stereocenters. The van der Waals surface area contributed by atoms with E-state index in [1.165, 1.54) is 49.6 Å². The molecule has 0 radical (unpaired) electrons. The van der Waals surface area contributed by atoms with Crippen molar-refractivity contribution in [1.29, 1.82) is 0 Å². The molecule has 2 saturated heterocycles. The van der Waals surface area contributed by atoms with Crippen LogP contribution < -0.4 is 14.4 Å². The van der Waals surface area contributed by atoms with Gasteiger partial charge in [0.15, 0.2) is 11.6 Å². The zero-order chi connectivity index (χ0) is 32.2. The van der Waals surface area contributed by atoms with Crippen LogP contribution in [0.3, 0.4) is 0 Å². The van der Waals surface area contributed by atoms with Gasteiger partial charge in [-0.1, -0.05) is 0 Å². The van der Waals surface area contributed by atoms with Crippen molar-refractivity contribution in [1.82, 2.24) is 29.7 Å². The topological polar surface area (TPSA) is 87.2 Å². The third kappa shape index (κ3) is 7.25. The molecule has 46 heavy (non-hydrogen) atoms. The van der Waals surface area contributed by atoms with Crippen molar-refractivity contribution in [3.63, 3.8) is 0 Å². The SMILES string of the molecule is CCN(C(=O)c1cc(F)ccc1Oc1cncnc1N1CCC(Oc2ccnc3c2CN(C[C@@H]2CCN(C)C2)CC3)CC1)C(C)C. The van der Waals surface area contributed by atoms with Gasteiger partial charge in [0.2, 0.25) is 0 Å². The minimum absolute atomic E-state index is 0.0384. The molecular weight excluding hydrogens is 585 g/mol. The van der Waals surface area contributed by atoms with Crippen molar-refractivity contribution in [2.75, 3.05) is 57.8 Å². The fraction of sp³-hybridized carbons (Fsp3) is 0.543. The molecule has 11 heteroatoms. The predicted molar refractivity (Wildman–Crippen MR) is 175 cm³/mol. The van der Waals surface area contributed by atoms with E-state index < -0.39 is 5.82 Å². The second-order valence-corrected chi connectivity index (χ2v) is 13.1. The van der Waals surface area contributed by atoms with Crippen LogP contribution in [0.1, 0.15) is 61.6 Å². The minimum atomic E-state index is -0.494. The highest BCUT2D eigenvalue weighted by Crippen LogP contribution is 2.35. The van der Waals surface area contributed by atoms with Crippen LogP contribution in [-0.4, -0.2) is 101 Å². The van der Waals surface area contributed by atoms with E-state index in [1.54, 1.807) is 11.1 Å². The first kappa shape index (κ1) is 32.1. The number of carbonyl (C=O) groups is 1. The molecule has 10 nitrogen and oxygen atoms in total. The molecule has 0 aliphatic carbocycles. The van der Waals surface area contributed by atoms with E-state index in [0.29, 0.717) is 18.1 Å². The summed E-state index contributed by atoms with van der Waals surface area (Å²) in [6.07, 6.45) is 8.91. The van der Waals surface area contributed by atoms with Gasteiger partial charge >= 0.3 is 0 Å². The molecule has 0 saturated carbocycles. The van der Waals surface area contributed by atoms with Crippen LogP contribution in [0, 0.1) is 11.7 Å². The van der Waals surface area contributed by atoms with Gasteiger partial charge in [0.25, 0.3) is 5.91 Å². The highest BCUT2D eigenvalue weighted by atomic mass is 19.1. The summed E-state index contributed by atoms with van der Waals surface area (Å²) in [5.41, 5.74) is 2.57. The highest BCUT2D eigenvalue weighted by molar-refractivity contribution is 5.97. The average molecular weight is 632 g/mol. The van der Waals surface area contributed by atoms with E-state index in [9.17, 15) is 9.18 Å². The molecule has 3 aliphatic heterocycles. The molecule has 6 rings (SSSR count). The van der Waals surface area contributed by atoms with Gasteiger partial charge in [-0.25, -0.2) is 14.4 Å². The Morgan fingerprint density at radius 2 is 1.89 bits per heavy atom. The first-order valence-corrected chi connectivity index (χ1v) is 16.7. The average Bonchev–Trinajstić information content (AvgIpc) is 3.47. The molecule has 2 aromatic heterocycles. The first-order chi connectivity index (χ1) is 22.3. The van der Waals surface area contributed by atoms with Crippen LogP contribution in [0.2, 0.25) is 0 Å². The monoisotopic (exact) mass is 631 g/mol. The summed E-state index contributed by atoms with van der Waals surface area (Å²) in [6, 6.07) is 6.02. The fourth-order valence-corrected chi connectivity index (χ4v) is 7.03. The van der Waals surface area contributed by atoms with Gasteiger partial charge in [-0.15, -0.1) is 0 Å². The maximum absolute atomic E-state index is 14.3. The van der Waals surface area contributed by atoms with Crippen LogP contribution in [0.15, 0.2) is 43.0 Å². The minimum Gasteiger partial charge on any atom is -0.490 e. The van der Waals surface area contributed by atoms with Crippen molar-refractivity contribution in [3.8, 4) is 17.2 Å². The Balaban J connectivity index is 1.11. The first-order valence-electron chi connectivity index (χ1n) is 16.7. The number of aromatic nitrogens is 3. The number of anilines is 1. The standard InChI is InChI=1S/C35H46FN7O3/c1-5-43(24(2)3)35(44)28-18-26(36)6-7-31(28)46-33-19-37-23-39-34(33)42-16-10-27(11-17-42)45-32-8-13-38-30-12-15-41(22-29(30)32)21-25-9-14-40(4)20-25/h6-8,13,18-19,23-25,27H,5,9-12,14-17,20-22H2,1-4H3/t25-/m1/s1. The Bertz CT molecular complexity index is 1510. The smallest absolute Gasteiger partial charge is 0.257 e. The molecule has 3 aliphatic rings. The third-order valence-corrected chi connectivity index (χ3v) is 9.46.